The molecule has 1 amide bonds. The van der Waals surface area contributed by atoms with E-state index in [1.807, 2.05) is 19.1 Å². The summed E-state index contributed by atoms with van der Waals surface area (Å²) >= 11 is 1.37. The molecule has 3 aromatic rings. The number of fused-ring (bicyclic) bond motifs is 1. The maximum Gasteiger partial charge on any atom is 0.345 e. The zero-order chi connectivity index (χ0) is 24.2. The zero-order valence-corrected chi connectivity index (χ0v) is 19.3. The Bertz CT molecular complexity index is 1280. The third-order valence-electron chi connectivity index (χ3n) is 5.62. The van der Waals surface area contributed by atoms with Crippen molar-refractivity contribution < 1.29 is 24.0 Å². The molecule has 0 radical (unpaired) electrons. The average molecular weight is 479 g/mol. The summed E-state index contributed by atoms with van der Waals surface area (Å²) in [7, 11) is 0. The molecule has 1 aliphatic carbocycles. The number of rotatable bonds is 7. The molecule has 0 bridgehead atoms. The highest BCUT2D eigenvalue weighted by molar-refractivity contribution is 7.17. The Kier molecular flexibility index (Phi) is 6.83. The van der Waals surface area contributed by atoms with Gasteiger partial charge in [0, 0.05) is 16.5 Å². The monoisotopic (exact) mass is 478 g/mol. The van der Waals surface area contributed by atoms with Gasteiger partial charge in [-0.1, -0.05) is 42.0 Å². The first kappa shape index (κ1) is 23.3. The molecule has 2 aromatic carbocycles. The van der Waals surface area contributed by atoms with Gasteiger partial charge in [0.2, 0.25) is 0 Å². The molecular formula is C25H22N2O6S. The van der Waals surface area contributed by atoms with Crippen LogP contribution in [0.1, 0.15) is 55.1 Å². The Hall–Kier alpha value is -3.85. The standard InChI is InChI=1S/C25H22N2O6S/c1-15-10-12-16(13-11-15)23(29)22-18-7-3-5-9-20(18)34-24(22)26-21(28)14-33-25(30)17-6-2-4-8-19(17)27(31)32/h2,4,6,8,10-13H,3,5,7,9,14H2,1H3,(H,26,28). The van der Waals surface area contributed by atoms with Gasteiger partial charge in [-0.2, -0.15) is 0 Å². The molecule has 8 nitrogen and oxygen atoms in total. The SMILES string of the molecule is Cc1ccc(C(=O)c2c(NC(=O)COC(=O)c3ccccc3[N+](=O)[O-])sc3c2CCCC3)cc1. The second-order valence-corrected chi connectivity index (χ2v) is 9.11. The minimum absolute atomic E-state index is 0.161. The molecule has 0 unspecified atom stereocenters. The fourth-order valence-corrected chi connectivity index (χ4v) is 5.22. The number of anilines is 1. The molecule has 34 heavy (non-hydrogen) atoms. The Labute approximate surface area is 199 Å². The van der Waals surface area contributed by atoms with Gasteiger partial charge in [0.25, 0.3) is 11.6 Å². The van der Waals surface area contributed by atoms with Gasteiger partial charge in [0.1, 0.15) is 10.6 Å². The number of esters is 1. The van der Waals surface area contributed by atoms with Crippen LogP contribution in [0.4, 0.5) is 10.7 Å². The summed E-state index contributed by atoms with van der Waals surface area (Å²) in [5, 5.41) is 14.3. The third kappa shape index (κ3) is 4.89. The highest BCUT2D eigenvalue weighted by Crippen LogP contribution is 2.39. The fraction of sp³-hybridized carbons (Fsp3) is 0.240. The van der Waals surface area contributed by atoms with Gasteiger partial charge >= 0.3 is 5.97 Å². The molecule has 1 heterocycles. The first-order chi connectivity index (χ1) is 16.3. The van der Waals surface area contributed by atoms with Crippen molar-refractivity contribution in [3.8, 4) is 0 Å². The summed E-state index contributed by atoms with van der Waals surface area (Å²) in [4.78, 5) is 49.8. The first-order valence-corrected chi connectivity index (χ1v) is 11.6. The van der Waals surface area contributed by atoms with Crippen LogP contribution in [-0.2, 0) is 22.4 Å². The van der Waals surface area contributed by atoms with E-state index in [1.165, 1.54) is 35.6 Å². The number of aryl methyl sites for hydroxylation is 2. The van der Waals surface area contributed by atoms with Crippen molar-refractivity contribution in [1.82, 2.24) is 0 Å². The minimum atomic E-state index is -0.969. The number of hydrogen-bond acceptors (Lipinski definition) is 7. The number of nitrogens with one attached hydrogen (secondary N) is 1. The predicted molar refractivity (Wildman–Crippen MR) is 128 cm³/mol. The molecule has 0 saturated carbocycles. The van der Waals surface area contributed by atoms with Crippen molar-refractivity contribution in [3.05, 3.63) is 91.3 Å². The van der Waals surface area contributed by atoms with Crippen molar-refractivity contribution in [3.63, 3.8) is 0 Å². The number of para-hydroxylation sites is 1. The predicted octanol–water partition coefficient (Wildman–Crippen LogP) is 4.87. The molecule has 4 rings (SSSR count). The van der Waals surface area contributed by atoms with E-state index in [4.69, 9.17) is 4.74 Å². The van der Waals surface area contributed by atoms with Crippen LogP contribution in [-0.4, -0.2) is 29.2 Å². The Morgan fingerprint density at radius 2 is 1.76 bits per heavy atom. The van der Waals surface area contributed by atoms with Gasteiger partial charge < -0.3 is 10.1 Å². The number of thiophene rings is 1. The summed E-state index contributed by atoms with van der Waals surface area (Å²) in [6, 6.07) is 12.6. The maximum absolute atomic E-state index is 13.4. The first-order valence-electron chi connectivity index (χ1n) is 10.8. The molecule has 1 aliphatic rings. The number of amides is 1. The van der Waals surface area contributed by atoms with Crippen molar-refractivity contribution in [1.29, 1.82) is 0 Å². The van der Waals surface area contributed by atoms with Gasteiger partial charge in [-0.3, -0.25) is 19.7 Å². The summed E-state index contributed by atoms with van der Waals surface area (Å²) in [6.07, 6.45) is 3.60. The van der Waals surface area contributed by atoms with Crippen LogP contribution < -0.4 is 5.32 Å². The van der Waals surface area contributed by atoms with Crippen molar-refractivity contribution in [2.75, 3.05) is 11.9 Å². The van der Waals surface area contributed by atoms with Crippen molar-refractivity contribution >= 4 is 39.7 Å². The zero-order valence-electron chi connectivity index (χ0n) is 18.5. The Balaban J connectivity index is 1.52. The van der Waals surface area contributed by atoms with Gasteiger partial charge in [0.05, 0.1) is 10.5 Å². The van der Waals surface area contributed by atoms with Crippen LogP contribution in [0.25, 0.3) is 0 Å². The summed E-state index contributed by atoms with van der Waals surface area (Å²) in [5.74, 6) is -1.75. The van der Waals surface area contributed by atoms with Gasteiger partial charge in [0.15, 0.2) is 12.4 Å². The molecular weight excluding hydrogens is 456 g/mol. The summed E-state index contributed by atoms with van der Waals surface area (Å²) < 4.78 is 5.02. The second kappa shape index (κ2) is 9.96. The van der Waals surface area contributed by atoms with E-state index < -0.39 is 29.1 Å². The lowest BCUT2D eigenvalue weighted by Gasteiger charge is -2.13. The normalized spacial score (nSPS) is 12.5. The van der Waals surface area contributed by atoms with E-state index in [0.29, 0.717) is 16.1 Å². The average Bonchev–Trinajstić information content (AvgIpc) is 3.20. The topological polar surface area (TPSA) is 116 Å². The van der Waals surface area contributed by atoms with Crippen LogP contribution in [0.5, 0.6) is 0 Å². The molecule has 0 atom stereocenters. The fourth-order valence-electron chi connectivity index (χ4n) is 3.92. The highest BCUT2D eigenvalue weighted by atomic mass is 32.1. The number of ketones is 1. The number of benzene rings is 2. The third-order valence-corrected chi connectivity index (χ3v) is 6.83. The number of carbonyl (C=O) groups excluding carboxylic acids is 3. The molecule has 9 heteroatoms. The molecule has 174 valence electrons. The quantitative estimate of drug-likeness (QED) is 0.224. The van der Waals surface area contributed by atoms with Crippen LogP contribution in [0.15, 0.2) is 48.5 Å². The van der Waals surface area contributed by atoms with Gasteiger partial charge in [-0.15, -0.1) is 11.3 Å². The van der Waals surface area contributed by atoms with E-state index in [2.05, 4.69) is 5.32 Å². The van der Waals surface area contributed by atoms with E-state index in [-0.39, 0.29) is 11.3 Å². The number of nitrogens with zero attached hydrogens (tertiary/aromatic N) is 1. The molecule has 0 fully saturated rings. The largest absolute Gasteiger partial charge is 0.452 e. The summed E-state index contributed by atoms with van der Waals surface area (Å²) in [6.45, 7) is 1.31. The smallest absolute Gasteiger partial charge is 0.345 e. The Morgan fingerprint density at radius 1 is 1.06 bits per heavy atom. The second-order valence-electron chi connectivity index (χ2n) is 8.01. The van der Waals surface area contributed by atoms with Crippen LogP contribution in [0, 0.1) is 17.0 Å². The molecule has 0 saturated heterocycles. The number of hydrogen-bond donors (Lipinski definition) is 1. The molecule has 1 aromatic heterocycles. The van der Waals surface area contributed by atoms with E-state index >= 15 is 0 Å². The van der Waals surface area contributed by atoms with Crippen LogP contribution in [0.3, 0.4) is 0 Å². The van der Waals surface area contributed by atoms with Crippen molar-refractivity contribution in [2.24, 2.45) is 0 Å². The van der Waals surface area contributed by atoms with E-state index in [1.54, 1.807) is 12.1 Å². The maximum atomic E-state index is 13.4. The molecule has 0 aliphatic heterocycles. The molecule has 1 N–H and O–H groups in total. The summed E-state index contributed by atoms with van der Waals surface area (Å²) in [5.41, 5.74) is 2.40. The van der Waals surface area contributed by atoms with Crippen LogP contribution >= 0.6 is 11.3 Å². The Morgan fingerprint density at radius 3 is 2.50 bits per heavy atom. The lowest BCUT2D eigenvalue weighted by Crippen LogP contribution is -2.22. The highest BCUT2D eigenvalue weighted by Gasteiger charge is 2.27. The number of nitro groups is 1. The van der Waals surface area contributed by atoms with Gasteiger partial charge in [-0.25, -0.2) is 4.79 Å². The lowest BCUT2D eigenvalue weighted by molar-refractivity contribution is -0.385. The van der Waals surface area contributed by atoms with Gasteiger partial charge in [-0.05, 0) is 44.2 Å². The lowest BCUT2D eigenvalue weighted by atomic mass is 9.91. The molecule has 0 spiro atoms. The minimum Gasteiger partial charge on any atom is -0.452 e. The number of ether oxygens (including phenoxy) is 1. The van der Waals surface area contributed by atoms with Crippen LogP contribution in [0.2, 0.25) is 0 Å². The number of carbonyl (C=O) groups is 3. The number of nitro benzene ring substituents is 1. The van der Waals surface area contributed by atoms with E-state index in [0.717, 1.165) is 41.7 Å². The van der Waals surface area contributed by atoms with Crippen molar-refractivity contribution in [2.45, 2.75) is 32.6 Å². The van der Waals surface area contributed by atoms with E-state index in [9.17, 15) is 24.5 Å².